The van der Waals surface area contributed by atoms with E-state index in [1.54, 1.807) is 6.20 Å². The average Bonchev–Trinajstić information content (AvgIpc) is 2.29. The number of hydrogen-bond donors (Lipinski definition) is 0. The molecule has 4 nitrogen and oxygen atoms in total. The van der Waals surface area contributed by atoms with E-state index < -0.39 is 10.1 Å². The standard InChI is InChI=1S/C11H11NO3S/c1-15-16(13,14)8-11-10-5-3-2-4-9(10)6-7-12-11/h2-7H,8H2,1H3. The van der Waals surface area contributed by atoms with Gasteiger partial charge >= 0.3 is 0 Å². The van der Waals surface area contributed by atoms with E-state index in [2.05, 4.69) is 9.17 Å². The maximum Gasteiger partial charge on any atom is 0.272 e. The van der Waals surface area contributed by atoms with E-state index >= 15 is 0 Å². The number of rotatable bonds is 3. The molecular weight excluding hydrogens is 226 g/mol. The Morgan fingerprint density at radius 2 is 2.00 bits per heavy atom. The van der Waals surface area contributed by atoms with Gasteiger partial charge in [-0.15, -0.1) is 0 Å². The summed E-state index contributed by atoms with van der Waals surface area (Å²) < 4.78 is 27.1. The maximum absolute atomic E-state index is 11.4. The van der Waals surface area contributed by atoms with E-state index in [1.165, 1.54) is 0 Å². The normalized spacial score (nSPS) is 11.8. The Morgan fingerprint density at radius 3 is 2.75 bits per heavy atom. The molecule has 0 fully saturated rings. The van der Waals surface area contributed by atoms with Crippen LogP contribution >= 0.6 is 0 Å². The first kappa shape index (κ1) is 11.0. The Morgan fingerprint density at radius 1 is 1.25 bits per heavy atom. The van der Waals surface area contributed by atoms with Gasteiger partial charge in [-0.25, -0.2) is 0 Å². The van der Waals surface area contributed by atoms with Crippen molar-refractivity contribution >= 4 is 20.9 Å². The molecule has 0 bridgehead atoms. The first-order valence-corrected chi connectivity index (χ1v) is 6.31. The van der Waals surface area contributed by atoms with Crippen LogP contribution in [0.1, 0.15) is 5.69 Å². The lowest BCUT2D eigenvalue weighted by molar-refractivity contribution is 0.396. The van der Waals surface area contributed by atoms with Crippen LogP contribution in [0.2, 0.25) is 0 Å². The quantitative estimate of drug-likeness (QED) is 0.762. The van der Waals surface area contributed by atoms with Crippen molar-refractivity contribution in [1.29, 1.82) is 0 Å². The lowest BCUT2D eigenvalue weighted by Crippen LogP contribution is -2.07. The summed E-state index contributed by atoms with van der Waals surface area (Å²) in [4.78, 5) is 4.08. The lowest BCUT2D eigenvalue weighted by Gasteiger charge is -2.04. The Bertz CT molecular complexity index is 602. The predicted molar refractivity (Wildman–Crippen MR) is 61.4 cm³/mol. The van der Waals surface area contributed by atoms with Crippen LogP contribution in [-0.2, 0) is 20.1 Å². The zero-order valence-corrected chi connectivity index (χ0v) is 9.57. The minimum absolute atomic E-state index is 0.204. The van der Waals surface area contributed by atoms with Gasteiger partial charge in [0.15, 0.2) is 0 Å². The summed E-state index contributed by atoms with van der Waals surface area (Å²) in [6.07, 6.45) is 1.60. The van der Waals surface area contributed by atoms with Gasteiger partial charge in [-0.3, -0.25) is 9.17 Å². The molecule has 0 spiro atoms. The summed E-state index contributed by atoms with van der Waals surface area (Å²) in [5.41, 5.74) is 0.514. The summed E-state index contributed by atoms with van der Waals surface area (Å²) in [6.45, 7) is 0. The number of nitrogens with zero attached hydrogens (tertiary/aromatic N) is 1. The van der Waals surface area contributed by atoms with E-state index in [-0.39, 0.29) is 5.75 Å². The van der Waals surface area contributed by atoms with Gasteiger partial charge in [0.2, 0.25) is 0 Å². The fraction of sp³-hybridized carbons (Fsp3) is 0.182. The van der Waals surface area contributed by atoms with Crippen molar-refractivity contribution in [3.05, 3.63) is 42.2 Å². The van der Waals surface area contributed by atoms with Gasteiger partial charge in [0.05, 0.1) is 12.8 Å². The van der Waals surface area contributed by atoms with Crippen molar-refractivity contribution in [3.8, 4) is 0 Å². The SMILES string of the molecule is COS(=O)(=O)Cc1nccc2ccccc12. The first-order chi connectivity index (χ1) is 7.62. The predicted octanol–water partition coefficient (Wildman–Crippen LogP) is 1.71. The number of benzene rings is 1. The number of hydrogen-bond acceptors (Lipinski definition) is 4. The molecule has 0 unspecified atom stereocenters. The molecule has 0 atom stereocenters. The smallest absolute Gasteiger partial charge is 0.272 e. The lowest BCUT2D eigenvalue weighted by atomic mass is 10.1. The topological polar surface area (TPSA) is 56.3 Å². The summed E-state index contributed by atoms with van der Waals surface area (Å²) in [5, 5.41) is 1.81. The zero-order valence-electron chi connectivity index (χ0n) is 8.75. The van der Waals surface area contributed by atoms with E-state index in [0.717, 1.165) is 17.9 Å². The molecule has 0 saturated heterocycles. The van der Waals surface area contributed by atoms with Gasteiger partial charge in [0.1, 0.15) is 5.75 Å². The molecule has 0 aliphatic heterocycles. The molecule has 0 radical (unpaired) electrons. The molecule has 2 aromatic rings. The summed E-state index contributed by atoms with van der Waals surface area (Å²) in [6, 6.07) is 9.37. The van der Waals surface area contributed by atoms with Crippen molar-refractivity contribution in [2.45, 2.75) is 5.75 Å². The highest BCUT2D eigenvalue weighted by molar-refractivity contribution is 7.85. The van der Waals surface area contributed by atoms with Crippen LogP contribution in [-0.4, -0.2) is 20.5 Å². The second kappa shape index (κ2) is 4.19. The van der Waals surface area contributed by atoms with Crippen LogP contribution in [0.4, 0.5) is 0 Å². The molecule has 0 aliphatic rings. The van der Waals surface area contributed by atoms with Crippen molar-refractivity contribution < 1.29 is 12.6 Å². The molecule has 1 aromatic heterocycles. The summed E-state index contributed by atoms with van der Waals surface area (Å²) in [7, 11) is -2.37. The largest absolute Gasteiger partial charge is 0.273 e. The van der Waals surface area contributed by atoms with Crippen LogP contribution < -0.4 is 0 Å². The second-order valence-corrected chi connectivity index (χ2v) is 5.08. The third-order valence-corrected chi connectivity index (χ3v) is 3.46. The molecule has 84 valence electrons. The van der Waals surface area contributed by atoms with Crippen LogP contribution in [0.3, 0.4) is 0 Å². The van der Waals surface area contributed by atoms with Crippen LogP contribution in [0, 0.1) is 0 Å². The number of aromatic nitrogens is 1. The Hall–Kier alpha value is -1.46. The highest BCUT2D eigenvalue weighted by atomic mass is 32.2. The molecule has 1 aromatic carbocycles. The molecule has 5 heteroatoms. The Labute approximate surface area is 94.0 Å². The van der Waals surface area contributed by atoms with E-state index in [4.69, 9.17) is 0 Å². The van der Waals surface area contributed by atoms with Crippen molar-refractivity contribution in [3.63, 3.8) is 0 Å². The minimum Gasteiger partial charge on any atom is -0.273 e. The van der Waals surface area contributed by atoms with Crippen molar-refractivity contribution in [2.24, 2.45) is 0 Å². The first-order valence-electron chi connectivity index (χ1n) is 4.73. The molecule has 0 saturated carbocycles. The van der Waals surface area contributed by atoms with Gasteiger partial charge in [0.25, 0.3) is 10.1 Å². The van der Waals surface area contributed by atoms with Crippen molar-refractivity contribution in [1.82, 2.24) is 4.98 Å². The van der Waals surface area contributed by atoms with Gasteiger partial charge in [-0.05, 0) is 11.5 Å². The molecule has 16 heavy (non-hydrogen) atoms. The third kappa shape index (κ3) is 2.20. The van der Waals surface area contributed by atoms with Crippen LogP contribution in [0.15, 0.2) is 36.5 Å². The highest BCUT2D eigenvalue weighted by Crippen LogP contribution is 2.18. The van der Waals surface area contributed by atoms with Gasteiger partial charge in [0, 0.05) is 11.6 Å². The van der Waals surface area contributed by atoms with Gasteiger partial charge in [-0.1, -0.05) is 24.3 Å². The van der Waals surface area contributed by atoms with Crippen LogP contribution in [0.5, 0.6) is 0 Å². The van der Waals surface area contributed by atoms with Gasteiger partial charge in [-0.2, -0.15) is 8.42 Å². The summed E-state index contributed by atoms with van der Waals surface area (Å²) >= 11 is 0. The van der Waals surface area contributed by atoms with Crippen molar-refractivity contribution in [2.75, 3.05) is 7.11 Å². The molecule has 0 N–H and O–H groups in total. The Kier molecular flexibility index (Phi) is 2.89. The third-order valence-electron chi connectivity index (χ3n) is 2.32. The van der Waals surface area contributed by atoms with Gasteiger partial charge < -0.3 is 0 Å². The molecular formula is C11H11NO3S. The fourth-order valence-corrected chi connectivity index (χ4v) is 2.21. The second-order valence-electron chi connectivity index (χ2n) is 3.35. The summed E-state index contributed by atoms with van der Waals surface area (Å²) in [5.74, 6) is -0.204. The van der Waals surface area contributed by atoms with E-state index in [1.807, 2.05) is 30.3 Å². The fourth-order valence-electron chi connectivity index (χ4n) is 1.52. The van der Waals surface area contributed by atoms with E-state index in [9.17, 15) is 8.42 Å². The molecule has 0 aliphatic carbocycles. The molecule has 1 heterocycles. The molecule has 0 amide bonds. The number of fused-ring (bicyclic) bond motifs is 1. The molecule has 2 rings (SSSR count). The Balaban J connectivity index is 2.53. The highest BCUT2D eigenvalue weighted by Gasteiger charge is 2.13. The number of pyridine rings is 1. The zero-order chi connectivity index (χ0) is 11.6. The average molecular weight is 237 g/mol. The monoisotopic (exact) mass is 237 g/mol. The maximum atomic E-state index is 11.4. The van der Waals surface area contributed by atoms with E-state index in [0.29, 0.717) is 5.69 Å². The minimum atomic E-state index is -3.53. The van der Waals surface area contributed by atoms with Crippen LogP contribution in [0.25, 0.3) is 10.8 Å².